The van der Waals surface area contributed by atoms with Crippen molar-refractivity contribution in [3.8, 4) is 0 Å². The third-order valence-electron chi connectivity index (χ3n) is 7.18. The average Bonchev–Trinajstić information content (AvgIpc) is 2.81. The first-order valence-electron chi connectivity index (χ1n) is 12.1. The molecule has 4 rings (SSSR count). The molecule has 0 radical (unpaired) electrons. The van der Waals surface area contributed by atoms with E-state index in [2.05, 4.69) is 38.3 Å². The van der Waals surface area contributed by atoms with E-state index in [1.54, 1.807) is 5.57 Å². The lowest BCUT2D eigenvalue weighted by molar-refractivity contribution is -0.127. The molecule has 5 heteroatoms. The van der Waals surface area contributed by atoms with E-state index >= 15 is 0 Å². The summed E-state index contributed by atoms with van der Waals surface area (Å²) >= 11 is 0. The summed E-state index contributed by atoms with van der Waals surface area (Å²) in [6.45, 7) is 6.24. The second-order valence-electron chi connectivity index (χ2n) is 9.35. The Labute approximate surface area is 181 Å². The van der Waals surface area contributed by atoms with Crippen molar-refractivity contribution in [2.45, 2.75) is 70.4 Å². The van der Waals surface area contributed by atoms with Crippen LogP contribution in [0.5, 0.6) is 0 Å². The van der Waals surface area contributed by atoms with Crippen molar-refractivity contribution in [2.24, 2.45) is 5.92 Å². The van der Waals surface area contributed by atoms with Gasteiger partial charge in [-0.2, -0.15) is 0 Å². The summed E-state index contributed by atoms with van der Waals surface area (Å²) in [7, 11) is 0. The number of carbonyl (C=O) groups is 1. The molecule has 0 saturated carbocycles. The molecule has 1 aliphatic carbocycles. The number of piperidine rings is 2. The van der Waals surface area contributed by atoms with Crippen LogP contribution >= 0.6 is 0 Å². The van der Waals surface area contributed by atoms with Gasteiger partial charge in [0.1, 0.15) is 0 Å². The largest absolute Gasteiger partial charge is 0.356 e. The fourth-order valence-corrected chi connectivity index (χ4v) is 5.36. The van der Waals surface area contributed by atoms with Crippen LogP contribution in [0.1, 0.15) is 63.4 Å². The summed E-state index contributed by atoms with van der Waals surface area (Å²) in [5.41, 5.74) is 2.90. The van der Waals surface area contributed by atoms with Crippen LogP contribution in [-0.4, -0.2) is 59.5 Å². The van der Waals surface area contributed by atoms with Gasteiger partial charge in [0.15, 0.2) is 0 Å². The Morgan fingerprint density at radius 1 is 1.07 bits per heavy atom. The molecule has 0 aromatic carbocycles. The Morgan fingerprint density at radius 3 is 2.67 bits per heavy atom. The summed E-state index contributed by atoms with van der Waals surface area (Å²) in [6.07, 6.45) is 16.9. The Balaban J connectivity index is 1.18. The Hall–Kier alpha value is -1.72. The molecule has 5 nitrogen and oxygen atoms in total. The van der Waals surface area contributed by atoms with E-state index in [0.717, 1.165) is 58.5 Å². The number of nitrogens with one attached hydrogen (secondary N) is 1. The monoisotopic (exact) mass is 410 g/mol. The van der Waals surface area contributed by atoms with Crippen LogP contribution in [0.15, 0.2) is 36.2 Å². The lowest BCUT2D eigenvalue weighted by atomic mass is 9.93. The maximum atomic E-state index is 12.8. The molecule has 164 valence electrons. The third kappa shape index (κ3) is 6.14. The van der Waals surface area contributed by atoms with Gasteiger partial charge in [-0.1, -0.05) is 11.6 Å². The van der Waals surface area contributed by atoms with Crippen molar-refractivity contribution in [1.29, 1.82) is 0 Å². The smallest absolute Gasteiger partial charge is 0.224 e. The van der Waals surface area contributed by atoms with Crippen molar-refractivity contribution in [1.82, 2.24) is 20.1 Å². The van der Waals surface area contributed by atoms with Crippen LogP contribution in [0.4, 0.5) is 0 Å². The standard InChI is InChI=1S/C25H38N4O/c30-25(27-15-10-21-5-2-1-3-6-21)23-7-4-16-29(20-23)24-11-17-28(18-12-24)19-22-8-13-26-14-9-22/h5,8-9,13-14,23-24H,1-4,6-7,10-12,15-20H2,(H,27,30)/t23-/m1/s1. The van der Waals surface area contributed by atoms with Gasteiger partial charge in [-0.3, -0.25) is 19.6 Å². The second-order valence-corrected chi connectivity index (χ2v) is 9.35. The number of carbonyl (C=O) groups excluding carboxylic acids is 1. The molecule has 3 aliphatic rings. The minimum absolute atomic E-state index is 0.175. The number of aromatic nitrogens is 1. The van der Waals surface area contributed by atoms with E-state index in [9.17, 15) is 4.79 Å². The van der Waals surface area contributed by atoms with E-state index in [0.29, 0.717) is 6.04 Å². The minimum Gasteiger partial charge on any atom is -0.356 e. The van der Waals surface area contributed by atoms with Gasteiger partial charge in [-0.25, -0.2) is 0 Å². The predicted molar refractivity (Wildman–Crippen MR) is 121 cm³/mol. The number of amides is 1. The van der Waals surface area contributed by atoms with E-state index in [1.807, 2.05) is 12.4 Å². The number of rotatable bonds is 7. The molecule has 0 bridgehead atoms. The maximum absolute atomic E-state index is 12.8. The first kappa shape index (κ1) is 21.5. The first-order chi connectivity index (χ1) is 14.8. The topological polar surface area (TPSA) is 48.5 Å². The number of nitrogens with zero attached hydrogens (tertiary/aromatic N) is 3. The molecule has 2 fully saturated rings. The lowest BCUT2D eigenvalue weighted by Gasteiger charge is -2.42. The molecule has 0 spiro atoms. The molecule has 1 aromatic rings. The third-order valence-corrected chi connectivity index (χ3v) is 7.18. The highest BCUT2D eigenvalue weighted by Gasteiger charge is 2.31. The molecule has 2 saturated heterocycles. The molecule has 1 atom stereocenters. The van der Waals surface area contributed by atoms with Gasteiger partial charge >= 0.3 is 0 Å². The molecule has 1 N–H and O–H groups in total. The molecule has 3 heterocycles. The zero-order valence-electron chi connectivity index (χ0n) is 18.4. The van der Waals surface area contributed by atoms with Crippen LogP contribution in [0.25, 0.3) is 0 Å². The minimum atomic E-state index is 0.175. The average molecular weight is 411 g/mol. The van der Waals surface area contributed by atoms with Crippen molar-refractivity contribution in [3.63, 3.8) is 0 Å². The Kier molecular flexibility index (Phi) is 7.93. The van der Waals surface area contributed by atoms with Crippen LogP contribution in [-0.2, 0) is 11.3 Å². The van der Waals surface area contributed by atoms with Crippen molar-refractivity contribution in [3.05, 3.63) is 41.7 Å². The summed E-state index contributed by atoms with van der Waals surface area (Å²) in [4.78, 5) is 22.0. The number of pyridine rings is 1. The van der Waals surface area contributed by atoms with Crippen molar-refractivity contribution in [2.75, 3.05) is 32.7 Å². The van der Waals surface area contributed by atoms with Crippen LogP contribution in [0.3, 0.4) is 0 Å². The highest BCUT2D eigenvalue weighted by molar-refractivity contribution is 5.79. The van der Waals surface area contributed by atoms with Gasteiger partial charge < -0.3 is 5.32 Å². The fourth-order valence-electron chi connectivity index (χ4n) is 5.36. The Bertz CT molecular complexity index is 696. The van der Waals surface area contributed by atoms with Gasteiger partial charge in [0, 0.05) is 38.1 Å². The SMILES string of the molecule is O=C(NCCC1=CCCCC1)[C@@H]1CCCN(C2CCN(Cc3ccncc3)CC2)C1. The van der Waals surface area contributed by atoms with Crippen LogP contribution in [0.2, 0.25) is 0 Å². The maximum Gasteiger partial charge on any atom is 0.224 e. The van der Waals surface area contributed by atoms with Gasteiger partial charge in [-0.15, -0.1) is 0 Å². The van der Waals surface area contributed by atoms with E-state index in [-0.39, 0.29) is 11.8 Å². The molecule has 0 unspecified atom stereocenters. The normalized spacial score (nSPS) is 24.4. The molecule has 1 aromatic heterocycles. The number of hydrogen-bond acceptors (Lipinski definition) is 4. The summed E-state index contributed by atoms with van der Waals surface area (Å²) in [5, 5.41) is 3.24. The van der Waals surface area contributed by atoms with E-state index in [4.69, 9.17) is 0 Å². The quantitative estimate of drug-likeness (QED) is 0.695. The van der Waals surface area contributed by atoms with Crippen LogP contribution in [0, 0.1) is 5.92 Å². The van der Waals surface area contributed by atoms with Gasteiger partial charge in [0.25, 0.3) is 0 Å². The van der Waals surface area contributed by atoms with Crippen LogP contribution < -0.4 is 5.32 Å². The number of allylic oxidation sites excluding steroid dienone is 1. The van der Waals surface area contributed by atoms with E-state index in [1.165, 1.54) is 44.1 Å². The Morgan fingerprint density at radius 2 is 1.90 bits per heavy atom. The molecule has 1 amide bonds. The molecule has 2 aliphatic heterocycles. The van der Waals surface area contributed by atoms with Crippen molar-refractivity contribution >= 4 is 5.91 Å². The second kappa shape index (κ2) is 11.1. The summed E-state index contributed by atoms with van der Waals surface area (Å²) in [5.74, 6) is 0.458. The zero-order chi connectivity index (χ0) is 20.6. The molecule has 30 heavy (non-hydrogen) atoms. The zero-order valence-corrected chi connectivity index (χ0v) is 18.4. The van der Waals surface area contributed by atoms with Gasteiger partial charge in [-0.05, 0) is 95.1 Å². The highest BCUT2D eigenvalue weighted by Crippen LogP contribution is 2.25. The van der Waals surface area contributed by atoms with Crippen molar-refractivity contribution < 1.29 is 4.79 Å². The predicted octanol–water partition coefficient (Wildman–Crippen LogP) is 3.76. The van der Waals surface area contributed by atoms with Gasteiger partial charge in [0.2, 0.25) is 5.91 Å². The number of likely N-dealkylation sites (tertiary alicyclic amines) is 2. The number of hydrogen-bond donors (Lipinski definition) is 1. The first-order valence-corrected chi connectivity index (χ1v) is 12.1. The highest BCUT2D eigenvalue weighted by atomic mass is 16.1. The molecular formula is C25H38N4O. The van der Waals surface area contributed by atoms with E-state index < -0.39 is 0 Å². The summed E-state index contributed by atoms with van der Waals surface area (Å²) < 4.78 is 0. The lowest BCUT2D eigenvalue weighted by Crippen LogP contribution is -2.50. The summed E-state index contributed by atoms with van der Waals surface area (Å²) in [6, 6.07) is 4.87. The fraction of sp³-hybridized carbons (Fsp3) is 0.680. The van der Waals surface area contributed by atoms with Gasteiger partial charge in [0.05, 0.1) is 5.92 Å². The molecular weight excluding hydrogens is 372 g/mol.